The van der Waals surface area contributed by atoms with Gasteiger partial charge in [0.2, 0.25) is 0 Å². The van der Waals surface area contributed by atoms with Crippen molar-refractivity contribution in [3.63, 3.8) is 0 Å². The molecule has 6 nitrogen and oxygen atoms in total. The second kappa shape index (κ2) is 7.52. The van der Waals surface area contributed by atoms with E-state index >= 15 is 0 Å². The summed E-state index contributed by atoms with van der Waals surface area (Å²) in [6.07, 6.45) is 2.95. The van der Waals surface area contributed by atoms with E-state index in [1.165, 1.54) is 11.8 Å². The van der Waals surface area contributed by atoms with E-state index in [2.05, 4.69) is 10.6 Å². The molecule has 7 heteroatoms. The molecule has 2 unspecified atom stereocenters. The van der Waals surface area contributed by atoms with E-state index in [1.54, 1.807) is 0 Å². The summed E-state index contributed by atoms with van der Waals surface area (Å²) in [6.45, 7) is 1.68. The number of thioether (sulfide) groups is 1. The van der Waals surface area contributed by atoms with Crippen molar-refractivity contribution in [2.75, 3.05) is 18.8 Å². The van der Waals surface area contributed by atoms with Crippen LogP contribution < -0.4 is 10.6 Å². The normalized spacial score (nSPS) is 28.0. The number of hydrogen-bond donors (Lipinski definition) is 4. The molecule has 2 aliphatic rings. The van der Waals surface area contributed by atoms with E-state index in [0.717, 1.165) is 38.1 Å². The van der Waals surface area contributed by atoms with Gasteiger partial charge < -0.3 is 15.5 Å². The van der Waals surface area contributed by atoms with Crippen molar-refractivity contribution in [3.05, 3.63) is 0 Å². The van der Waals surface area contributed by atoms with Gasteiger partial charge in [0.05, 0.1) is 0 Å². The van der Waals surface area contributed by atoms with Crippen LogP contribution in [0, 0.1) is 0 Å². The first-order chi connectivity index (χ1) is 8.11. The van der Waals surface area contributed by atoms with Crippen molar-refractivity contribution in [2.24, 2.45) is 0 Å². The van der Waals surface area contributed by atoms with E-state index in [4.69, 9.17) is 10.2 Å². The predicted molar refractivity (Wildman–Crippen MR) is 65.2 cm³/mol. The van der Waals surface area contributed by atoms with Gasteiger partial charge in [-0.3, -0.25) is 10.1 Å². The average molecular weight is 262 g/mol. The molecule has 2 rings (SSSR count). The minimum absolute atomic E-state index is 0.279. The summed E-state index contributed by atoms with van der Waals surface area (Å²) in [7, 11) is 0. The molecule has 2 fully saturated rings. The van der Waals surface area contributed by atoms with Gasteiger partial charge in [-0.2, -0.15) is 0 Å². The highest BCUT2D eigenvalue weighted by Gasteiger charge is 2.21. The lowest BCUT2D eigenvalue weighted by atomic mass is 10.1. The molecule has 0 amide bonds. The lowest BCUT2D eigenvalue weighted by Gasteiger charge is -2.18. The summed E-state index contributed by atoms with van der Waals surface area (Å²) in [4.78, 5) is 20.4. The molecule has 2 saturated heterocycles. The summed E-state index contributed by atoms with van der Waals surface area (Å²) in [5.41, 5.74) is 0. The van der Waals surface area contributed by atoms with Gasteiger partial charge in [0.1, 0.15) is 6.04 Å². The fraction of sp³-hybridized carbons (Fsp3) is 0.800. The van der Waals surface area contributed by atoms with Crippen LogP contribution in [0.4, 0.5) is 0 Å². The largest absolute Gasteiger partial charge is 0.480 e. The molecule has 98 valence electrons. The summed E-state index contributed by atoms with van der Waals surface area (Å²) in [5.74, 6) is -0.557. The molecule has 0 aromatic heterocycles. The van der Waals surface area contributed by atoms with Crippen LogP contribution in [0.3, 0.4) is 0 Å². The first-order valence-corrected chi connectivity index (χ1v) is 6.70. The number of carbonyl (C=O) groups is 2. The van der Waals surface area contributed by atoms with E-state index in [9.17, 15) is 9.59 Å². The van der Waals surface area contributed by atoms with E-state index in [-0.39, 0.29) is 11.4 Å². The number of rotatable bonds is 2. The second-order valence-electron chi connectivity index (χ2n) is 3.88. The molecule has 2 heterocycles. The van der Waals surface area contributed by atoms with Crippen molar-refractivity contribution in [2.45, 2.75) is 30.7 Å². The van der Waals surface area contributed by atoms with Crippen LogP contribution in [0.2, 0.25) is 0 Å². The number of piperidine rings is 1. The van der Waals surface area contributed by atoms with Crippen molar-refractivity contribution >= 4 is 23.7 Å². The fourth-order valence-electron chi connectivity index (χ4n) is 1.65. The Kier molecular flexibility index (Phi) is 6.31. The van der Waals surface area contributed by atoms with Crippen molar-refractivity contribution in [1.82, 2.24) is 10.6 Å². The fourth-order valence-corrected chi connectivity index (χ4v) is 2.50. The Hall–Kier alpha value is -0.790. The van der Waals surface area contributed by atoms with Gasteiger partial charge in [0, 0.05) is 12.3 Å². The Morgan fingerprint density at radius 3 is 2.12 bits per heavy atom. The highest BCUT2D eigenvalue weighted by molar-refractivity contribution is 8.00. The molecule has 4 N–H and O–H groups in total. The van der Waals surface area contributed by atoms with Gasteiger partial charge in [-0.15, -0.1) is 11.8 Å². The molecule has 2 aliphatic heterocycles. The monoisotopic (exact) mass is 262 g/mol. The molecule has 2 atom stereocenters. The molecule has 0 saturated carbocycles. The summed E-state index contributed by atoms with van der Waals surface area (Å²) < 4.78 is 0. The van der Waals surface area contributed by atoms with Gasteiger partial charge in [0.15, 0.2) is 5.37 Å². The summed E-state index contributed by atoms with van der Waals surface area (Å²) in [5, 5.41) is 22.2. The number of carboxylic acids is 2. The zero-order valence-electron chi connectivity index (χ0n) is 9.52. The van der Waals surface area contributed by atoms with Gasteiger partial charge in [-0.1, -0.05) is 6.42 Å². The minimum atomic E-state index is -0.757. The third-order valence-electron chi connectivity index (χ3n) is 2.55. The summed E-state index contributed by atoms with van der Waals surface area (Å²) >= 11 is 1.44. The van der Waals surface area contributed by atoms with Crippen LogP contribution in [0.1, 0.15) is 19.3 Å². The Labute approximate surface area is 104 Å². The quantitative estimate of drug-likeness (QED) is 0.553. The SMILES string of the molecule is O=C(O)C1CCCCN1.O=C(O)C1NCCS1. The Morgan fingerprint density at radius 1 is 1.06 bits per heavy atom. The van der Waals surface area contributed by atoms with Gasteiger partial charge in [-0.05, 0) is 19.4 Å². The van der Waals surface area contributed by atoms with Crippen molar-refractivity contribution in [3.8, 4) is 0 Å². The maximum absolute atomic E-state index is 10.3. The van der Waals surface area contributed by atoms with Gasteiger partial charge in [-0.25, -0.2) is 4.79 Å². The number of nitrogens with one attached hydrogen (secondary N) is 2. The highest BCUT2D eigenvalue weighted by Crippen LogP contribution is 2.12. The van der Waals surface area contributed by atoms with Crippen LogP contribution in [0.15, 0.2) is 0 Å². The molecular weight excluding hydrogens is 244 g/mol. The van der Waals surface area contributed by atoms with E-state index in [1.807, 2.05) is 0 Å². The first-order valence-electron chi connectivity index (χ1n) is 5.65. The second-order valence-corrected chi connectivity index (χ2v) is 5.10. The first kappa shape index (κ1) is 14.3. The molecule has 0 aromatic carbocycles. The lowest BCUT2D eigenvalue weighted by molar-refractivity contribution is -0.140. The number of hydrogen-bond acceptors (Lipinski definition) is 5. The predicted octanol–water partition coefficient (Wildman–Crippen LogP) is -0.0534. The average Bonchev–Trinajstić information content (AvgIpc) is 2.84. The van der Waals surface area contributed by atoms with Crippen LogP contribution in [-0.4, -0.2) is 52.4 Å². The third kappa shape index (κ3) is 5.38. The minimum Gasteiger partial charge on any atom is -0.480 e. The van der Waals surface area contributed by atoms with E-state index < -0.39 is 11.9 Å². The standard InChI is InChI=1S/C6H11NO2.C4H7NO2S/c8-6(9)5-3-1-2-4-7-5;6-4(7)3-5-1-2-8-3/h5,7H,1-4H2,(H,8,9);3,5H,1-2H2,(H,6,7). The maximum Gasteiger partial charge on any atom is 0.331 e. The third-order valence-corrected chi connectivity index (χ3v) is 3.69. The molecule has 0 bridgehead atoms. The zero-order chi connectivity index (χ0) is 12.7. The molecule has 0 aromatic rings. The van der Waals surface area contributed by atoms with Crippen molar-refractivity contribution in [1.29, 1.82) is 0 Å². The van der Waals surface area contributed by atoms with Gasteiger partial charge in [0.25, 0.3) is 0 Å². The Bertz CT molecular complexity index is 263. The molecule has 0 radical (unpaired) electrons. The number of carboxylic acid groups (broad SMARTS) is 2. The van der Waals surface area contributed by atoms with Gasteiger partial charge >= 0.3 is 11.9 Å². The van der Waals surface area contributed by atoms with Crippen LogP contribution in [0.5, 0.6) is 0 Å². The lowest BCUT2D eigenvalue weighted by Crippen LogP contribution is -2.40. The van der Waals surface area contributed by atoms with Crippen molar-refractivity contribution < 1.29 is 19.8 Å². The van der Waals surface area contributed by atoms with Crippen LogP contribution >= 0.6 is 11.8 Å². The molecule has 0 spiro atoms. The molecular formula is C10H18N2O4S. The van der Waals surface area contributed by atoms with Crippen LogP contribution in [0.25, 0.3) is 0 Å². The molecule has 17 heavy (non-hydrogen) atoms. The Morgan fingerprint density at radius 2 is 1.82 bits per heavy atom. The Balaban J connectivity index is 0.000000171. The highest BCUT2D eigenvalue weighted by atomic mass is 32.2. The van der Waals surface area contributed by atoms with E-state index in [0.29, 0.717) is 0 Å². The maximum atomic E-state index is 10.3. The summed E-state index contributed by atoms with van der Waals surface area (Å²) in [6, 6.07) is -0.279. The smallest absolute Gasteiger partial charge is 0.331 e. The zero-order valence-corrected chi connectivity index (χ0v) is 10.3. The van der Waals surface area contributed by atoms with Crippen LogP contribution in [-0.2, 0) is 9.59 Å². The topological polar surface area (TPSA) is 98.7 Å². The molecule has 0 aliphatic carbocycles. The number of aliphatic carboxylic acids is 2.